The fourth-order valence-electron chi connectivity index (χ4n) is 5.10. The van der Waals surface area contributed by atoms with Crippen LogP contribution in [0.5, 0.6) is 0 Å². The SMILES string of the molecule is CC(C)Cc1cc2c(ccc3c4ccnc(-c5cc(C(C)(C)C)c6ccccc6c5)c4oc23)o1. The predicted octanol–water partition coefficient (Wildman–Crippen LogP) is 9.04. The molecule has 0 aliphatic rings. The Morgan fingerprint density at radius 3 is 2.38 bits per heavy atom. The molecule has 0 atom stereocenters. The lowest BCUT2D eigenvalue weighted by Crippen LogP contribution is -2.12. The predicted molar refractivity (Wildman–Crippen MR) is 141 cm³/mol. The monoisotopic (exact) mass is 447 g/mol. The molecule has 0 fully saturated rings. The molecule has 3 nitrogen and oxygen atoms in total. The molecular formula is C31H29NO2. The van der Waals surface area contributed by atoms with Crippen LogP contribution in [0, 0.1) is 5.92 Å². The van der Waals surface area contributed by atoms with E-state index >= 15 is 0 Å². The van der Waals surface area contributed by atoms with E-state index in [0.717, 1.165) is 56.3 Å². The molecule has 6 aromatic rings. The average Bonchev–Trinajstić information content (AvgIpc) is 3.37. The van der Waals surface area contributed by atoms with Gasteiger partial charge in [-0.1, -0.05) is 58.9 Å². The van der Waals surface area contributed by atoms with Crippen molar-refractivity contribution >= 4 is 43.7 Å². The topological polar surface area (TPSA) is 39.2 Å². The molecule has 34 heavy (non-hydrogen) atoms. The molecule has 170 valence electrons. The van der Waals surface area contributed by atoms with Gasteiger partial charge in [-0.2, -0.15) is 0 Å². The normalized spacial score (nSPS) is 12.6. The molecule has 3 aromatic heterocycles. The van der Waals surface area contributed by atoms with E-state index in [1.807, 2.05) is 6.20 Å². The lowest BCUT2D eigenvalue weighted by atomic mass is 9.82. The maximum absolute atomic E-state index is 6.58. The number of hydrogen-bond acceptors (Lipinski definition) is 3. The molecule has 0 bridgehead atoms. The minimum atomic E-state index is 0.00710. The molecule has 0 radical (unpaired) electrons. The third kappa shape index (κ3) is 3.30. The van der Waals surface area contributed by atoms with Gasteiger partial charge in [-0.3, -0.25) is 4.98 Å². The van der Waals surface area contributed by atoms with Crippen molar-refractivity contribution in [3.63, 3.8) is 0 Å². The zero-order valence-corrected chi connectivity index (χ0v) is 20.4. The molecule has 0 aliphatic heterocycles. The number of fused-ring (bicyclic) bond motifs is 6. The molecule has 6 rings (SSSR count). The Kier molecular flexibility index (Phi) is 4.60. The van der Waals surface area contributed by atoms with Crippen LogP contribution in [0.1, 0.15) is 45.9 Å². The highest BCUT2D eigenvalue weighted by molar-refractivity contribution is 6.16. The number of benzene rings is 3. The lowest BCUT2D eigenvalue weighted by molar-refractivity contribution is 0.500. The Morgan fingerprint density at radius 1 is 0.794 bits per heavy atom. The van der Waals surface area contributed by atoms with Gasteiger partial charge in [0.25, 0.3) is 0 Å². The van der Waals surface area contributed by atoms with E-state index in [1.165, 1.54) is 16.3 Å². The van der Waals surface area contributed by atoms with Crippen molar-refractivity contribution in [2.75, 3.05) is 0 Å². The second-order valence-corrected chi connectivity index (χ2v) is 10.8. The van der Waals surface area contributed by atoms with Gasteiger partial charge in [0.1, 0.15) is 22.6 Å². The van der Waals surface area contributed by atoms with Gasteiger partial charge >= 0.3 is 0 Å². The number of hydrogen-bond donors (Lipinski definition) is 0. The standard InChI is InChI=1S/C31H29NO2/c1-18(2)14-21-17-25-27(33-21)11-10-23-24-12-13-32-28(30(24)34-29(23)25)20-15-19-8-6-7-9-22(19)26(16-20)31(3,4)5/h6-13,15-18H,14H2,1-5H3. The van der Waals surface area contributed by atoms with E-state index in [4.69, 9.17) is 13.8 Å². The molecule has 0 saturated carbocycles. The molecule has 3 heteroatoms. The van der Waals surface area contributed by atoms with Crippen molar-refractivity contribution in [1.29, 1.82) is 0 Å². The van der Waals surface area contributed by atoms with Crippen molar-refractivity contribution in [2.24, 2.45) is 5.92 Å². The summed E-state index contributed by atoms with van der Waals surface area (Å²) in [6.45, 7) is 11.2. The first-order valence-corrected chi connectivity index (χ1v) is 12.1. The third-order valence-corrected chi connectivity index (χ3v) is 6.65. The highest BCUT2D eigenvalue weighted by atomic mass is 16.3. The molecule has 0 N–H and O–H groups in total. The van der Waals surface area contributed by atoms with Crippen molar-refractivity contribution < 1.29 is 8.83 Å². The molecule has 0 amide bonds. The van der Waals surface area contributed by atoms with Crippen LogP contribution >= 0.6 is 0 Å². The summed E-state index contributed by atoms with van der Waals surface area (Å²) in [4.78, 5) is 4.81. The number of nitrogens with zero attached hydrogens (tertiary/aromatic N) is 1. The van der Waals surface area contributed by atoms with Crippen LogP contribution in [0.15, 0.2) is 75.7 Å². The first-order chi connectivity index (χ1) is 16.3. The summed E-state index contributed by atoms with van der Waals surface area (Å²) in [5.41, 5.74) is 5.85. The van der Waals surface area contributed by atoms with Crippen LogP contribution in [0.25, 0.3) is 54.9 Å². The van der Waals surface area contributed by atoms with Crippen molar-refractivity contribution in [1.82, 2.24) is 4.98 Å². The molecule has 3 aromatic carbocycles. The van der Waals surface area contributed by atoms with E-state index in [2.05, 4.69) is 95.3 Å². The summed E-state index contributed by atoms with van der Waals surface area (Å²) in [6.07, 6.45) is 2.80. The number of aromatic nitrogens is 1. The maximum Gasteiger partial charge on any atom is 0.161 e. The van der Waals surface area contributed by atoms with E-state index in [-0.39, 0.29) is 5.41 Å². The smallest absolute Gasteiger partial charge is 0.161 e. The fraction of sp³-hybridized carbons (Fsp3) is 0.258. The fourth-order valence-corrected chi connectivity index (χ4v) is 5.10. The van der Waals surface area contributed by atoms with Crippen LogP contribution < -0.4 is 0 Å². The second-order valence-electron chi connectivity index (χ2n) is 10.8. The summed E-state index contributed by atoms with van der Waals surface area (Å²) >= 11 is 0. The Balaban J connectivity index is 1.63. The first-order valence-electron chi connectivity index (χ1n) is 12.1. The van der Waals surface area contributed by atoms with Crippen molar-refractivity contribution in [2.45, 2.75) is 46.5 Å². The number of pyridine rings is 1. The van der Waals surface area contributed by atoms with Gasteiger partial charge in [-0.15, -0.1) is 0 Å². The van der Waals surface area contributed by atoms with E-state index in [9.17, 15) is 0 Å². The van der Waals surface area contributed by atoms with Gasteiger partial charge in [-0.25, -0.2) is 0 Å². The zero-order valence-electron chi connectivity index (χ0n) is 20.4. The first kappa shape index (κ1) is 21.0. The van der Waals surface area contributed by atoms with Crippen LogP contribution in [0.4, 0.5) is 0 Å². The van der Waals surface area contributed by atoms with Gasteiger partial charge in [0.15, 0.2) is 5.58 Å². The van der Waals surface area contributed by atoms with Gasteiger partial charge < -0.3 is 8.83 Å². The Labute approximate surface area is 199 Å². The van der Waals surface area contributed by atoms with Crippen LogP contribution in [0.2, 0.25) is 0 Å². The van der Waals surface area contributed by atoms with Gasteiger partial charge in [-0.05, 0) is 64.1 Å². The zero-order chi connectivity index (χ0) is 23.6. The second kappa shape index (κ2) is 7.46. The molecule has 0 saturated heterocycles. The van der Waals surface area contributed by atoms with Gasteiger partial charge in [0, 0.05) is 29.0 Å². The Bertz CT molecular complexity index is 1690. The van der Waals surface area contributed by atoms with Crippen molar-refractivity contribution in [3.05, 3.63) is 78.2 Å². The summed E-state index contributed by atoms with van der Waals surface area (Å²) in [5.74, 6) is 1.54. The Hall–Kier alpha value is -3.59. The van der Waals surface area contributed by atoms with Crippen LogP contribution in [0.3, 0.4) is 0 Å². The molecule has 0 aliphatic carbocycles. The molecule has 3 heterocycles. The number of rotatable bonds is 3. The summed E-state index contributed by atoms with van der Waals surface area (Å²) < 4.78 is 12.7. The number of furan rings is 2. The third-order valence-electron chi connectivity index (χ3n) is 6.65. The quantitative estimate of drug-likeness (QED) is 0.272. The highest BCUT2D eigenvalue weighted by Crippen LogP contribution is 2.41. The van der Waals surface area contributed by atoms with Crippen LogP contribution in [-0.2, 0) is 11.8 Å². The molecule has 0 spiro atoms. The summed E-state index contributed by atoms with van der Waals surface area (Å²) in [6, 6.07) is 21.5. The van der Waals surface area contributed by atoms with Crippen LogP contribution in [-0.4, -0.2) is 4.98 Å². The maximum atomic E-state index is 6.58. The van der Waals surface area contributed by atoms with Crippen molar-refractivity contribution in [3.8, 4) is 11.3 Å². The molecular weight excluding hydrogens is 418 g/mol. The minimum Gasteiger partial charge on any atom is -0.461 e. The average molecular weight is 448 g/mol. The van der Waals surface area contributed by atoms with Gasteiger partial charge in [0.05, 0.1) is 5.39 Å². The lowest BCUT2D eigenvalue weighted by Gasteiger charge is -2.22. The molecule has 0 unspecified atom stereocenters. The van der Waals surface area contributed by atoms with E-state index < -0.39 is 0 Å². The summed E-state index contributed by atoms with van der Waals surface area (Å²) in [7, 11) is 0. The van der Waals surface area contributed by atoms with E-state index in [1.54, 1.807) is 0 Å². The minimum absolute atomic E-state index is 0.00710. The largest absolute Gasteiger partial charge is 0.461 e. The van der Waals surface area contributed by atoms with E-state index in [0.29, 0.717) is 5.92 Å². The Morgan fingerprint density at radius 2 is 1.59 bits per heavy atom. The summed E-state index contributed by atoms with van der Waals surface area (Å²) in [5, 5.41) is 5.71. The van der Waals surface area contributed by atoms with Gasteiger partial charge in [0.2, 0.25) is 0 Å². The highest BCUT2D eigenvalue weighted by Gasteiger charge is 2.21.